The van der Waals surface area contributed by atoms with Crippen molar-refractivity contribution in [3.63, 3.8) is 0 Å². The lowest BCUT2D eigenvalue weighted by Gasteiger charge is -2.25. The van der Waals surface area contributed by atoms with E-state index in [4.69, 9.17) is 10.7 Å². The Balaban J connectivity index is 1.84. The lowest BCUT2D eigenvalue weighted by atomic mass is 10.1. The van der Waals surface area contributed by atoms with Crippen molar-refractivity contribution in [2.24, 2.45) is 0 Å². The van der Waals surface area contributed by atoms with Gasteiger partial charge in [0, 0.05) is 17.6 Å². The number of nitrogen functional groups attached to an aromatic ring is 1. The summed E-state index contributed by atoms with van der Waals surface area (Å²) in [6.07, 6.45) is 4.74. The van der Waals surface area contributed by atoms with Gasteiger partial charge in [0.2, 0.25) is 0 Å². The van der Waals surface area contributed by atoms with Gasteiger partial charge in [-0.2, -0.15) is 4.98 Å². The minimum absolute atomic E-state index is 0.0981. The van der Waals surface area contributed by atoms with Crippen LogP contribution in [0.15, 0.2) is 42.7 Å². The van der Waals surface area contributed by atoms with E-state index in [1.54, 1.807) is 16.8 Å². The number of benzene rings is 2. The van der Waals surface area contributed by atoms with E-state index in [1.807, 2.05) is 6.07 Å². The first-order chi connectivity index (χ1) is 12.7. The van der Waals surface area contributed by atoms with Gasteiger partial charge in [0.25, 0.3) is 5.78 Å². The maximum Gasteiger partial charge on any atom is 0.257 e. The highest BCUT2D eigenvalue weighted by Crippen LogP contribution is 2.36. The van der Waals surface area contributed by atoms with Crippen LogP contribution in [0.3, 0.4) is 0 Å². The summed E-state index contributed by atoms with van der Waals surface area (Å²) in [7, 11) is 0. The van der Waals surface area contributed by atoms with E-state index in [0.717, 1.165) is 37.0 Å². The van der Waals surface area contributed by atoms with E-state index >= 15 is 0 Å². The molecule has 7 heteroatoms. The first-order valence-corrected chi connectivity index (χ1v) is 8.66. The molecule has 0 bridgehead atoms. The number of aryl methyl sites for hydroxylation is 1. The molecule has 0 aliphatic carbocycles. The molecule has 5 rings (SSSR count). The fourth-order valence-electron chi connectivity index (χ4n) is 3.70. The number of nitrogens with two attached hydrogens (primary N) is 1. The number of fused-ring (bicyclic) bond motifs is 4. The fraction of sp³-hybridized carbons (Fsp3) is 0.211. The Morgan fingerprint density at radius 1 is 1.12 bits per heavy atom. The van der Waals surface area contributed by atoms with Crippen LogP contribution in [0.25, 0.3) is 16.7 Å². The lowest BCUT2D eigenvalue weighted by Crippen LogP contribution is -2.20. The third kappa shape index (κ3) is 2.20. The highest BCUT2D eigenvalue weighted by atomic mass is 19.1. The van der Waals surface area contributed by atoms with Crippen LogP contribution >= 0.6 is 0 Å². The molecule has 0 fully saturated rings. The van der Waals surface area contributed by atoms with Crippen LogP contribution in [-0.2, 0) is 6.42 Å². The molecular weight excluding hydrogens is 331 g/mol. The first kappa shape index (κ1) is 15.1. The third-order valence-corrected chi connectivity index (χ3v) is 4.97. The van der Waals surface area contributed by atoms with Crippen molar-refractivity contribution in [3.05, 3.63) is 54.1 Å². The predicted molar refractivity (Wildman–Crippen MR) is 99.0 cm³/mol. The molecule has 0 amide bonds. The Labute approximate surface area is 149 Å². The van der Waals surface area contributed by atoms with Crippen LogP contribution in [-0.4, -0.2) is 26.1 Å². The summed E-state index contributed by atoms with van der Waals surface area (Å²) < 4.78 is 16.0. The quantitative estimate of drug-likeness (QED) is 0.533. The Kier molecular flexibility index (Phi) is 3.28. The second-order valence-corrected chi connectivity index (χ2v) is 6.56. The van der Waals surface area contributed by atoms with Crippen LogP contribution in [0.4, 0.5) is 21.6 Å². The molecule has 26 heavy (non-hydrogen) atoms. The van der Waals surface area contributed by atoms with Crippen molar-refractivity contribution in [2.75, 3.05) is 17.2 Å². The van der Waals surface area contributed by atoms with E-state index in [2.05, 4.69) is 33.3 Å². The minimum atomic E-state index is -0.448. The van der Waals surface area contributed by atoms with Crippen molar-refractivity contribution >= 4 is 33.9 Å². The Bertz CT molecular complexity index is 1140. The molecule has 2 N–H and O–H groups in total. The summed E-state index contributed by atoms with van der Waals surface area (Å²) in [6, 6.07) is 11.4. The number of halogens is 1. The average Bonchev–Trinajstić information content (AvgIpc) is 3.02. The minimum Gasteiger partial charge on any atom is -0.396 e. The van der Waals surface area contributed by atoms with E-state index in [9.17, 15) is 4.39 Å². The third-order valence-electron chi connectivity index (χ3n) is 4.97. The zero-order chi connectivity index (χ0) is 17.7. The molecule has 2 aromatic heterocycles. The first-order valence-electron chi connectivity index (χ1n) is 8.66. The second-order valence-electron chi connectivity index (χ2n) is 6.56. The number of para-hydroxylation sites is 1. The molecule has 1 aliphatic rings. The molecule has 130 valence electrons. The molecule has 1 aliphatic heterocycles. The normalized spacial score (nSPS) is 14.6. The van der Waals surface area contributed by atoms with Gasteiger partial charge in [-0.15, -0.1) is 10.2 Å². The van der Waals surface area contributed by atoms with Gasteiger partial charge in [0.15, 0.2) is 0 Å². The molecule has 2 aromatic carbocycles. The number of nitrogens with zero attached hydrogens (tertiary/aromatic N) is 5. The van der Waals surface area contributed by atoms with Gasteiger partial charge in [-0.1, -0.05) is 18.2 Å². The summed E-state index contributed by atoms with van der Waals surface area (Å²) >= 11 is 0. The molecule has 0 unspecified atom stereocenters. The van der Waals surface area contributed by atoms with Gasteiger partial charge in [-0.05, 0) is 43.0 Å². The van der Waals surface area contributed by atoms with Crippen molar-refractivity contribution in [1.29, 1.82) is 0 Å². The van der Waals surface area contributed by atoms with Crippen molar-refractivity contribution in [2.45, 2.75) is 19.3 Å². The van der Waals surface area contributed by atoms with E-state index in [0.29, 0.717) is 17.0 Å². The fourth-order valence-corrected chi connectivity index (χ4v) is 3.70. The van der Waals surface area contributed by atoms with E-state index in [1.165, 1.54) is 11.6 Å². The highest BCUT2D eigenvalue weighted by molar-refractivity contribution is 5.95. The van der Waals surface area contributed by atoms with Gasteiger partial charge in [-0.3, -0.25) is 4.40 Å². The van der Waals surface area contributed by atoms with Gasteiger partial charge in [0.1, 0.15) is 18.0 Å². The van der Waals surface area contributed by atoms with Crippen LogP contribution in [0.5, 0.6) is 0 Å². The molecule has 0 saturated heterocycles. The summed E-state index contributed by atoms with van der Waals surface area (Å²) in [5.41, 5.74) is 9.04. The smallest absolute Gasteiger partial charge is 0.257 e. The second kappa shape index (κ2) is 5.66. The number of anilines is 3. The van der Waals surface area contributed by atoms with Crippen LogP contribution in [0, 0.1) is 5.82 Å². The summed E-state index contributed by atoms with van der Waals surface area (Å²) in [5.74, 6) is 0.713. The zero-order valence-corrected chi connectivity index (χ0v) is 14.1. The average molecular weight is 348 g/mol. The lowest BCUT2D eigenvalue weighted by molar-refractivity contribution is 0.634. The molecule has 4 aromatic rings. The van der Waals surface area contributed by atoms with Crippen LogP contribution < -0.4 is 10.6 Å². The van der Waals surface area contributed by atoms with Crippen molar-refractivity contribution < 1.29 is 4.39 Å². The van der Waals surface area contributed by atoms with Gasteiger partial charge in [-0.25, -0.2) is 4.39 Å². The largest absolute Gasteiger partial charge is 0.396 e. The predicted octanol–water partition coefficient (Wildman–Crippen LogP) is 3.47. The monoisotopic (exact) mass is 348 g/mol. The van der Waals surface area contributed by atoms with E-state index < -0.39 is 5.82 Å². The summed E-state index contributed by atoms with van der Waals surface area (Å²) in [5, 5.41) is 8.74. The molecule has 0 saturated carbocycles. The van der Waals surface area contributed by atoms with Crippen molar-refractivity contribution in [1.82, 2.24) is 19.6 Å². The summed E-state index contributed by atoms with van der Waals surface area (Å²) in [4.78, 5) is 6.87. The maximum atomic E-state index is 14.3. The highest BCUT2D eigenvalue weighted by Gasteiger charge is 2.22. The maximum absolute atomic E-state index is 14.3. The van der Waals surface area contributed by atoms with Gasteiger partial charge >= 0.3 is 0 Å². The molecule has 3 heterocycles. The van der Waals surface area contributed by atoms with Crippen molar-refractivity contribution in [3.8, 4) is 0 Å². The molecule has 0 atom stereocenters. The molecule has 0 spiro atoms. The number of hydrogen-bond acceptors (Lipinski definition) is 5. The van der Waals surface area contributed by atoms with Crippen LogP contribution in [0.2, 0.25) is 0 Å². The molecule has 6 nitrogen and oxygen atoms in total. The number of aromatic nitrogens is 4. The summed E-state index contributed by atoms with van der Waals surface area (Å²) in [6.45, 7) is 0.815. The molecular formula is C19H17FN6. The molecule has 0 radical (unpaired) electrons. The number of hydrogen-bond donors (Lipinski definition) is 1. The Morgan fingerprint density at radius 3 is 2.92 bits per heavy atom. The zero-order valence-electron chi connectivity index (χ0n) is 14.1. The van der Waals surface area contributed by atoms with E-state index in [-0.39, 0.29) is 5.69 Å². The topological polar surface area (TPSA) is 72.3 Å². The standard InChI is InChI=1S/C19H17FN6/c20-14-9-13-17(10-15(14)21)26-11-22-24-19(26)23-18(13)25-8-4-3-6-12-5-1-2-7-16(12)25/h1-2,5,7,9-11H,3-4,6,8,21H2. The SMILES string of the molecule is Nc1cc2c(cc1F)c(N1CCCCc3ccccc31)nc1nncn12. The number of rotatable bonds is 1. The van der Waals surface area contributed by atoms with Crippen LogP contribution in [0.1, 0.15) is 18.4 Å². The Morgan fingerprint density at radius 2 is 2.00 bits per heavy atom. The van der Waals surface area contributed by atoms with Gasteiger partial charge in [0.05, 0.1) is 11.2 Å². The Hall–Kier alpha value is -3.22. The van der Waals surface area contributed by atoms with Gasteiger partial charge < -0.3 is 10.6 Å².